The monoisotopic (exact) mass is 529 g/mol. The largest absolute Gasteiger partial charge is 0.443 e. The van der Waals surface area contributed by atoms with E-state index in [0.29, 0.717) is 6.54 Å². The minimum absolute atomic E-state index is 0.116. The molecule has 0 atom stereocenters. The number of hydrogen-bond acceptors (Lipinski definition) is 4. The number of benzene rings is 1. The van der Waals surface area contributed by atoms with Crippen molar-refractivity contribution in [2.45, 2.75) is 123 Å². The molecule has 0 saturated carbocycles. The van der Waals surface area contributed by atoms with Crippen LogP contribution in [0.3, 0.4) is 0 Å². The molecule has 0 aliphatic carbocycles. The third-order valence-corrected chi connectivity index (χ3v) is 6.56. The van der Waals surface area contributed by atoms with Crippen molar-refractivity contribution in [3.05, 3.63) is 47.8 Å². The Balaban J connectivity index is 1.80. The Bertz CT molecular complexity index is 954. The lowest BCUT2D eigenvalue weighted by atomic mass is 10.0. The number of carbonyl (C=O) groups is 2. The lowest BCUT2D eigenvalue weighted by Gasteiger charge is -2.28. The van der Waals surface area contributed by atoms with Crippen molar-refractivity contribution >= 4 is 17.6 Å². The zero-order chi connectivity index (χ0) is 27.8. The van der Waals surface area contributed by atoms with Crippen LogP contribution in [0.5, 0.6) is 0 Å². The number of halogens is 1. The van der Waals surface area contributed by atoms with E-state index in [4.69, 9.17) is 4.74 Å². The zero-order valence-corrected chi connectivity index (χ0v) is 24.0. The number of unbranched alkanes of at least 4 members (excludes halogenated alkanes) is 13. The van der Waals surface area contributed by atoms with Gasteiger partial charge in [-0.25, -0.2) is 14.2 Å². The molecule has 6 nitrogen and oxygen atoms in total. The smallest absolute Gasteiger partial charge is 0.414 e. The van der Waals surface area contributed by atoms with E-state index in [-0.39, 0.29) is 17.1 Å². The molecule has 2 rings (SSSR count). The van der Waals surface area contributed by atoms with Gasteiger partial charge in [0.2, 0.25) is 5.78 Å². The van der Waals surface area contributed by atoms with Gasteiger partial charge in [0.1, 0.15) is 11.4 Å². The second-order valence-corrected chi connectivity index (χ2v) is 11.2. The maximum Gasteiger partial charge on any atom is 0.414 e. The molecule has 212 valence electrons. The summed E-state index contributed by atoms with van der Waals surface area (Å²) in [6, 6.07) is 4.15. The Morgan fingerprint density at radius 2 is 1.45 bits per heavy atom. The molecular formula is C31H48FN3O3. The molecule has 0 saturated heterocycles. The molecule has 0 fully saturated rings. The van der Waals surface area contributed by atoms with E-state index in [0.717, 1.165) is 25.3 Å². The van der Waals surface area contributed by atoms with Gasteiger partial charge in [0.05, 0.1) is 5.69 Å². The fraction of sp³-hybridized carbons (Fsp3) is 0.645. The summed E-state index contributed by atoms with van der Waals surface area (Å²) in [5.74, 6) is -0.904. The van der Waals surface area contributed by atoms with Crippen molar-refractivity contribution < 1.29 is 18.7 Å². The summed E-state index contributed by atoms with van der Waals surface area (Å²) in [7, 11) is 0. The number of amides is 1. The number of ether oxygens (including phenoxy) is 1. The van der Waals surface area contributed by atoms with Crippen molar-refractivity contribution in [2.75, 3.05) is 11.4 Å². The molecule has 1 amide bonds. The lowest BCUT2D eigenvalue weighted by molar-refractivity contribution is 0.0578. The number of nitrogens with one attached hydrogen (secondary N) is 1. The number of anilines is 1. The summed E-state index contributed by atoms with van der Waals surface area (Å²) in [4.78, 5) is 33.5. The van der Waals surface area contributed by atoms with Gasteiger partial charge < -0.3 is 9.72 Å². The van der Waals surface area contributed by atoms with Crippen LogP contribution in [-0.4, -0.2) is 34.0 Å². The number of hydrogen-bond donors (Lipinski definition) is 1. The first kappa shape index (κ1) is 31.5. The maximum absolute atomic E-state index is 15.1. The summed E-state index contributed by atoms with van der Waals surface area (Å²) in [6.45, 7) is 7.98. The Hall–Kier alpha value is -2.70. The van der Waals surface area contributed by atoms with Crippen LogP contribution in [-0.2, 0) is 4.74 Å². The molecule has 1 aromatic heterocycles. The Kier molecular flexibility index (Phi) is 14.1. The second-order valence-electron chi connectivity index (χ2n) is 11.2. The third-order valence-electron chi connectivity index (χ3n) is 6.56. The van der Waals surface area contributed by atoms with Gasteiger partial charge in [-0.3, -0.25) is 9.69 Å². The Morgan fingerprint density at radius 3 is 1.92 bits per heavy atom. The average molecular weight is 530 g/mol. The second kappa shape index (κ2) is 17.0. The van der Waals surface area contributed by atoms with Gasteiger partial charge in [-0.15, -0.1) is 0 Å². The molecule has 0 unspecified atom stereocenters. The van der Waals surface area contributed by atoms with Crippen molar-refractivity contribution in [3.63, 3.8) is 0 Å². The van der Waals surface area contributed by atoms with E-state index in [1.165, 1.54) is 93.9 Å². The fourth-order valence-corrected chi connectivity index (χ4v) is 4.48. The zero-order valence-electron chi connectivity index (χ0n) is 24.0. The highest BCUT2D eigenvalue weighted by Gasteiger charge is 2.26. The Morgan fingerprint density at radius 1 is 0.895 bits per heavy atom. The van der Waals surface area contributed by atoms with Crippen LogP contribution >= 0.6 is 0 Å². The molecule has 1 heterocycles. The van der Waals surface area contributed by atoms with Gasteiger partial charge in [0.15, 0.2) is 5.82 Å². The molecule has 2 aromatic rings. The molecule has 7 heteroatoms. The van der Waals surface area contributed by atoms with Gasteiger partial charge in [-0.2, -0.15) is 0 Å². The van der Waals surface area contributed by atoms with Crippen LogP contribution in [0.1, 0.15) is 134 Å². The summed E-state index contributed by atoms with van der Waals surface area (Å²) >= 11 is 0. The van der Waals surface area contributed by atoms with Crippen molar-refractivity contribution in [1.29, 1.82) is 0 Å². The molecule has 1 aromatic carbocycles. The molecular weight excluding hydrogens is 481 g/mol. The molecule has 0 aliphatic rings. The van der Waals surface area contributed by atoms with Crippen LogP contribution < -0.4 is 4.90 Å². The van der Waals surface area contributed by atoms with E-state index in [2.05, 4.69) is 16.9 Å². The lowest BCUT2D eigenvalue weighted by Crippen LogP contribution is -2.38. The maximum atomic E-state index is 15.1. The summed E-state index contributed by atoms with van der Waals surface area (Å²) in [6.07, 6.45) is 19.8. The Labute approximate surface area is 228 Å². The van der Waals surface area contributed by atoms with E-state index >= 15 is 4.39 Å². The van der Waals surface area contributed by atoms with Crippen LogP contribution in [0, 0.1) is 5.82 Å². The first-order chi connectivity index (χ1) is 18.2. The molecule has 38 heavy (non-hydrogen) atoms. The summed E-state index contributed by atoms with van der Waals surface area (Å²) in [5, 5.41) is 0. The molecule has 0 spiro atoms. The van der Waals surface area contributed by atoms with E-state index < -0.39 is 23.3 Å². The van der Waals surface area contributed by atoms with Crippen molar-refractivity contribution in [3.8, 4) is 0 Å². The first-order valence-electron chi connectivity index (χ1n) is 14.6. The standard InChI is InChI=1S/C31H48FN3O3/c1-5-6-7-8-9-10-11-12-13-14-15-16-17-18-23-35(30(37)38-31(2,3)4)27-20-19-25(24-26(27)32)28(36)29-33-21-22-34-29/h19-22,24H,5-18,23H2,1-4H3,(H,33,34). The van der Waals surface area contributed by atoms with Gasteiger partial charge in [0.25, 0.3) is 0 Å². The van der Waals surface area contributed by atoms with Crippen LogP contribution in [0.4, 0.5) is 14.9 Å². The topological polar surface area (TPSA) is 75.3 Å². The molecule has 0 bridgehead atoms. The molecule has 0 radical (unpaired) electrons. The first-order valence-corrected chi connectivity index (χ1v) is 14.6. The normalized spacial score (nSPS) is 11.5. The van der Waals surface area contributed by atoms with Gasteiger partial charge in [0, 0.05) is 24.5 Å². The van der Waals surface area contributed by atoms with Gasteiger partial charge in [-0.1, -0.05) is 90.4 Å². The fourth-order valence-electron chi connectivity index (χ4n) is 4.48. The molecule has 1 N–H and O–H groups in total. The van der Waals surface area contributed by atoms with E-state index in [9.17, 15) is 9.59 Å². The number of carbonyl (C=O) groups excluding carboxylic acids is 2. The number of rotatable bonds is 18. The predicted molar refractivity (Wildman–Crippen MR) is 152 cm³/mol. The number of aromatic nitrogens is 2. The van der Waals surface area contributed by atoms with E-state index in [1.807, 2.05) is 0 Å². The third kappa shape index (κ3) is 11.8. The van der Waals surface area contributed by atoms with Gasteiger partial charge >= 0.3 is 6.09 Å². The quantitative estimate of drug-likeness (QED) is 0.154. The number of imidazole rings is 1. The highest BCUT2D eigenvalue weighted by molar-refractivity contribution is 6.06. The van der Waals surface area contributed by atoms with Crippen LogP contribution in [0.2, 0.25) is 0 Å². The summed E-state index contributed by atoms with van der Waals surface area (Å²) < 4.78 is 20.7. The highest BCUT2D eigenvalue weighted by Crippen LogP contribution is 2.25. The average Bonchev–Trinajstić information content (AvgIpc) is 3.40. The highest BCUT2D eigenvalue weighted by atomic mass is 19.1. The minimum atomic E-state index is -0.698. The molecule has 0 aliphatic heterocycles. The number of aromatic amines is 1. The van der Waals surface area contributed by atoms with Gasteiger partial charge in [-0.05, 0) is 45.4 Å². The number of nitrogens with zero attached hydrogens (tertiary/aromatic N) is 2. The predicted octanol–water partition coefficient (Wildman–Crippen LogP) is 9.00. The van der Waals surface area contributed by atoms with Crippen LogP contribution in [0.15, 0.2) is 30.6 Å². The van der Waals surface area contributed by atoms with E-state index in [1.54, 1.807) is 27.0 Å². The van der Waals surface area contributed by atoms with Crippen molar-refractivity contribution in [2.24, 2.45) is 0 Å². The summed E-state index contributed by atoms with van der Waals surface area (Å²) in [5.41, 5.74) is -0.414. The SMILES string of the molecule is CCCCCCCCCCCCCCCCN(C(=O)OC(C)(C)C)c1ccc(C(=O)c2ncc[nH]2)cc1F. The van der Waals surface area contributed by atoms with Crippen molar-refractivity contribution in [1.82, 2.24) is 9.97 Å². The minimum Gasteiger partial charge on any atom is -0.443 e. The number of ketones is 1. The van der Waals surface area contributed by atoms with Crippen LogP contribution in [0.25, 0.3) is 0 Å². The number of H-pyrrole nitrogens is 1.